The van der Waals surface area contributed by atoms with Gasteiger partial charge in [-0.25, -0.2) is 4.98 Å². The first-order chi connectivity index (χ1) is 15.6. The third-order valence-corrected chi connectivity index (χ3v) is 5.97. The van der Waals surface area contributed by atoms with E-state index in [1.165, 1.54) is 13.1 Å². The number of hydrogen-bond acceptors (Lipinski definition) is 7. The maximum atomic E-state index is 13.0. The van der Waals surface area contributed by atoms with Crippen LogP contribution in [0.5, 0.6) is 0 Å². The monoisotopic (exact) mass is 463 g/mol. The molecule has 4 N–H and O–H groups in total. The molecule has 1 aliphatic heterocycles. The summed E-state index contributed by atoms with van der Waals surface area (Å²) in [5, 5.41) is 12.8. The number of aromatic nitrogens is 1. The Morgan fingerprint density at radius 1 is 1.24 bits per heavy atom. The van der Waals surface area contributed by atoms with E-state index in [1.54, 1.807) is 12.1 Å². The van der Waals surface area contributed by atoms with Gasteiger partial charge in [-0.2, -0.15) is 0 Å². The van der Waals surface area contributed by atoms with E-state index in [4.69, 9.17) is 15.2 Å². The van der Waals surface area contributed by atoms with Crippen LogP contribution in [0.2, 0.25) is 0 Å². The number of rotatable bonds is 8. The first-order valence-corrected chi connectivity index (χ1v) is 11.5. The quantitative estimate of drug-likeness (QED) is 0.533. The minimum absolute atomic E-state index is 0.0830. The number of nitrogens with two attached hydrogens (primary N) is 1. The van der Waals surface area contributed by atoms with Gasteiger partial charge in [0, 0.05) is 32.3 Å². The summed E-state index contributed by atoms with van der Waals surface area (Å²) in [6.45, 7) is 7.16. The molecule has 0 aromatic carbocycles. The molecule has 184 valence electrons. The summed E-state index contributed by atoms with van der Waals surface area (Å²) in [6.07, 6.45) is 3.03. The average Bonchev–Trinajstić information content (AvgIpc) is 2.74. The van der Waals surface area contributed by atoms with Crippen molar-refractivity contribution in [2.75, 3.05) is 32.2 Å². The summed E-state index contributed by atoms with van der Waals surface area (Å²) in [6, 6.07) is 3.13. The second-order valence-electron chi connectivity index (χ2n) is 9.47. The average molecular weight is 464 g/mol. The van der Waals surface area contributed by atoms with Gasteiger partial charge in [-0.05, 0) is 43.7 Å². The lowest BCUT2D eigenvalue weighted by Gasteiger charge is -2.27. The number of aliphatic carboxylic acids is 1. The molecule has 0 aliphatic carbocycles. The molecule has 0 bridgehead atoms. The van der Waals surface area contributed by atoms with Crippen LogP contribution in [0, 0.1) is 17.3 Å². The minimum atomic E-state index is -1.33. The maximum absolute atomic E-state index is 13.0. The molecular weight excluding hydrogens is 426 g/mol. The molecule has 1 saturated heterocycles. The number of nitrogens with zero attached hydrogens (tertiary/aromatic N) is 1. The number of carboxylic acid groups (broad SMARTS) is 1. The van der Waals surface area contributed by atoms with Gasteiger partial charge in [0.25, 0.3) is 0 Å². The van der Waals surface area contributed by atoms with Crippen LogP contribution < -0.4 is 11.1 Å². The van der Waals surface area contributed by atoms with Crippen molar-refractivity contribution >= 4 is 23.5 Å². The Kier molecular flexibility index (Phi) is 10.2. The number of anilines is 1. The second kappa shape index (κ2) is 12.6. The molecular formula is C24H37N3O6. The third kappa shape index (κ3) is 8.74. The number of nitrogen functional groups attached to an aromatic ring is 1. The largest absolute Gasteiger partial charge is 0.481 e. The van der Waals surface area contributed by atoms with Crippen LogP contribution in [0.15, 0.2) is 18.3 Å². The lowest BCUT2D eigenvalue weighted by molar-refractivity contribution is -0.150. The van der Waals surface area contributed by atoms with Crippen LogP contribution in [0.4, 0.5) is 5.82 Å². The predicted octanol–water partition coefficient (Wildman–Crippen LogP) is 2.23. The zero-order valence-electron chi connectivity index (χ0n) is 19.8. The molecule has 1 aromatic rings. The lowest BCUT2D eigenvalue weighted by atomic mass is 9.78. The molecule has 33 heavy (non-hydrogen) atoms. The molecule has 2 rings (SSSR count). The number of nitrogens with one attached hydrogen (secondary N) is 1. The molecule has 0 saturated carbocycles. The van der Waals surface area contributed by atoms with Crippen LogP contribution in [0.3, 0.4) is 0 Å². The Hall–Kier alpha value is -2.52. The Morgan fingerprint density at radius 3 is 2.48 bits per heavy atom. The van der Waals surface area contributed by atoms with E-state index in [0.717, 1.165) is 12.8 Å². The lowest BCUT2D eigenvalue weighted by Crippen LogP contribution is -2.46. The van der Waals surface area contributed by atoms with Crippen LogP contribution in [-0.2, 0) is 30.3 Å². The normalized spacial score (nSPS) is 22.5. The standard InChI is InChI=1S/C24H37N3O6/c1-16(2)20-15-33-9-5-4-8-32-14-18(22(29)27-20)10-19(28)12-24(3,23(30)31)11-17-6-7-21(25)26-13-17/h6-7,13,16,18,20H,4-5,8-12,14-15H2,1-3H3,(H2,25,26)(H,27,29)(H,30,31)/t18-,20-,24-/m1/s1. The van der Waals surface area contributed by atoms with Gasteiger partial charge < -0.3 is 25.6 Å². The highest BCUT2D eigenvalue weighted by molar-refractivity contribution is 5.90. The van der Waals surface area contributed by atoms with Crippen molar-refractivity contribution in [1.82, 2.24) is 10.3 Å². The number of amides is 1. The number of carbonyl (C=O) groups is 3. The molecule has 0 spiro atoms. The summed E-state index contributed by atoms with van der Waals surface area (Å²) >= 11 is 0. The van der Waals surface area contributed by atoms with E-state index in [1.807, 2.05) is 13.8 Å². The van der Waals surface area contributed by atoms with E-state index in [-0.39, 0.29) is 49.5 Å². The van der Waals surface area contributed by atoms with Gasteiger partial charge in [-0.1, -0.05) is 19.9 Å². The molecule has 1 fully saturated rings. The summed E-state index contributed by atoms with van der Waals surface area (Å²) < 4.78 is 11.4. The van der Waals surface area contributed by atoms with Crippen LogP contribution in [-0.4, -0.2) is 60.2 Å². The van der Waals surface area contributed by atoms with Gasteiger partial charge in [-0.15, -0.1) is 0 Å². The molecule has 9 heteroatoms. The van der Waals surface area contributed by atoms with Gasteiger partial charge in [0.1, 0.15) is 11.6 Å². The first-order valence-electron chi connectivity index (χ1n) is 11.5. The van der Waals surface area contributed by atoms with E-state index < -0.39 is 17.3 Å². The number of ketones is 1. The van der Waals surface area contributed by atoms with E-state index >= 15 is 0 Å². The van der Waals surface area contributed by atoms with E-state index in [2.05, 4.69) is 10.3 Å². The van der Waals surface area contributed by atoms with Gasteiger partial charge in [-0.3, -0.25) is 14.4 Å². The highest BCUT2D eigenvalue weighted by atomic mass is 16.5. The Bertz CT molecular complexity index is 798. The maximum Gasteiger partial charge on any atom is 0.310 e. The fraction of sp³-hybridized carbons (Fsp3) is 0.667. The fourth-order valence-corrected chi connectivity index (χ4v) is 3.76. The van der Waals surface area contributed by atoms with Gasteiger partial charge in [0.2, 0.25) is 5.91 Å². The second-order valence-corrected chi connectivity index (χ2v) is 9.47. The zero-order chi connectivity index (χ0) is 24.4. The Labute approximate surface area is 195 Å². The van der Waals surface area contributed by atoms with E-state index in [9.17, 15) is 19.5 Å². The van der Waals surface area contributed by atoms with Gasteiger partial charge >= 0.3 is 5.97 Å². The number of pyridine rings is 1. The SMILES string of the molecule is CC(C)[C@H]1COCCCCOC[C@@H](CC(=O)C[C@@](C)(Cc2ccc(N)nc2)C(=O)O)C(=O)N1. The van der Waals surface area contributed by atoms with Crippen molar-refractivity contribution < 1.29 is 29.0 Å². The molecule has 2 heterocycles. The molecule has 0 unspecified atom stereocenters. The number of ether oxygens (including phenoxy) is 2. The van der Waals surface area contributed by atoms with Crippen LogP contribution >= 0.6 is 0 Å². The molecule has 1 aliphatic rings. The number of Topliss-reactive ketones (excluding diaryl/α,β-unsaturated/α-hetero) is 1. The van der Waals surface area contributed by atoms with Crippen LogP contribution in [0.25, 0.3) is 0 Å². The number of carbonyl (C=O) groups excluding carboxylic acids is 2. The predicted molar refractivity (Wildman–Crippen MR) is 123 cm³/mol. The van der Waals surface area contributed by atoms with Crippen molar-refractivity contribution in [2.45, 2.75) is 58.9 Å². The van der Waals surface area contributed by atoms with Gasteiger partial charge in [0.15, 0.2) is 0 Å². The highest BCUT2D eigenvalue weighted by Crippen LogP contribution is 2.29. The van der Waals surface area contributed by atoms with E-state index in [0.29, 0.717) is 31.2 Å². The Balaban J connectivity index is 2.09. The van der Waals surface area contributed by atoms with Gasteiger partial charge in [0.05, 0.1) is 30.6 Å². The summed E-state index contributed by atoms with van der Waals surface area (Å²) in [5.74, 6) is -1.83. The summed E-state index contributed by atoms with van der Waals surface area (Å²) in [7, 11) is 0. The topological polar surface area (TPSA) is 141 Å². The van der Waals surface area contributed by atoms with Crippen molar-refractivity contribution in [1.29, 1.82) is 0 Å². The van der Waals surface area contributed by atoms with Crippen LogP contribution in [0.1, 0.15) is 52.0 Å². The molecule has 1 aromatic heterocycles. The molecule has 0 radical (unpaired) electrons. The summed E-state index contributed by atoms with van der Waals surface area (Å²) in [5.41, 5.74) is 4.95. The number of carboxylic acids is 1. The molecule has 9 nitrogen and oxygen atoms in total. The third-order valence-electron chi connectivity index (χ3n) is 5.97. The van der Waals surface area contributed by atoms with Crippen molar-refractivity contribution in [3.63, 3.8) is 0 Å². The zero-order valence-corrected chi connectivity index (χ0v) is 19.8. The highest BCUT2D eigenvalue weighted by Gasteiger charge is 2.37. The Morgan fingerprint density at radius 2 is 1.91 bits per heavy atom. The van der Waals surface area contributed by atoms with Crippen molar-refractivity contribution in [3.8, 4) is 0 Å². The summed E-state index contributed by atoms with van der Waals surface area (Å²) in [4.78, 5) is 42.0. The van der Waals surface area contributed by atoms with Crippen molar-refractivity contribution in [2.24, 2.45) is 17.3 Å². The molecule has 1 amide bonds. The smallest absolute Gasteiger partial charge is 0.310 e. The molecule has 3 atom stereocenters. The first kappa shape index (κ1) is 26.7. The minimum Gasteiger partial charge on any atom is -0.481 e. The van der Waals surface area contributed by atoms with Crippen molar-refractivity contribution in [3.05, 3.63) is 23.9 Å². The number of hydrogen-bond donors (Lipinski definition) is 3. The fourth-order valence-electron chi connectivity index (χ4n) is 3.76.